The highest BCUT2D eigenvalue weighted by atomic mass is 35.5. The number of aromatic nitrogens is 2. The summed E-state index contributed by atoms with van der Waals surface area (Å²) in [4.78, 5) is 30.9. The predicted molar refractivity (Wildman–Crippen MR) is 77.3 cm³/mol. The van der Waals surface area contributed by atoms with E-state index in [-0.39, 0.29) is 6.54 Å². The topological polar surface area (TPSA) is 98.3 Å². The number of benzene rings is 1. The lowest BCUT2D eigenvalue weighted by Crippen LogP contribution is -2.42. The van der Waals surface area contributed by atoms with Gasteiger partial charge in [0.25, 0.3) is 0 Å². The molecule has 0 saturated heterocycles. The van der Waals surface area contributed by atoms with Gasteiger partial charge in [-0.05, 0) is 18.2 Å². The van der Waals surface area contributed by atoms with E-state index in [1.54, 1.807) is 24.4 Å². The van der Waals surface area contributed by atoms with Gasteiger partial charge < -0.3 is 15.4 Å². The van der Waals surface area contributed by atoms with Crippen molar-refractivity contribution < 1.29 is 14.7 Å². The molecule has 7 nitrogen and oxygen atoms in total. The third kappa shape index (κ3) is 4.22. The second kappa shape index (κ2) is 6.76. The molecule has 21 heavy (non-hydrogen) atoms. The van der Waals surface area contributed by atoms with Crippen molar-refractivity contribution in [3.8, 4) is 0 Å². The van der Waals surface area contributed by atoms with Crippen molar-refractivity contribution in [2.75, 3.05) is 11.4 Å². The van der Waals surface area contributed by atoms with Crippen LogP contribution in [0.15, 0.2) is 36.8 Å². The van der Waals surface area contributed by atoms with Crippen LogP contribution >= 0.6 is 11.6 Å². The predicted octanol–water partition coefficient (Wildman–Crippen LogP) is 1.86. The Labute approximate surface area is 125 Å². The zero-order valence-corrected chi connectivity index (χ0v) is 11.7. The number of hydrogen-bond acceptors (Lipinski definition) is 3. The summed E-state index contributed by atoms with van der Waals surface area (Å²) in [6, 6.07) is 5.90. The molecule has 0 spiro atoms. The number of halogens is 1. The van der Waals surface area contributed by atoms with E-state index in [1.807, 2.05) is 0 Å². The monoisotopic (exact) mass is 308 g/mol. The summed E-state index contributed by atoms with van der Waals surface area (Å²) < 4.78 is 0. The van der Waals surface area contributed by atoms with E-state index in [9.17, 15) is 9.59 Å². The minimum Gasteiger partial charge on any atom is -0.480 e. The van der Waals surface area contributed by atoms with Crippen LogP contribution in [0, 0.1) is 0 Å². The van der Waals surface area contributed by atoms with Crippen LogP contribution in [-0.2, 0) is 11.3 Å². The Hall–Kier alpha value is -2.54. The maximum Gasteiger partial charge on any atom is 0.323 e. The third-order valence-corrected chi connectivity index (χ3v) is 2.88. The number of nitrogens with one attached hydrogen (secondary N) is 2. The van der Waals surface area contributed by atoms with Gasteiger partial charge in [0.2, 0.25) is 0 Å². The number of imidazole rings is 1. The van der Waals surface area contributed by atoms with Crippen LogP contribution in [0.5, 0.6) is 0 Å². The average Bonchev–Trinajstić information content (AvgIpc) is 2.95. The molecule has 2 amide bonds. The van der Waals surface area contributed by atoms with Gasteiger partial charge in [-0.25, -0.2) is 9.78 Å². The number of hydrogen-bond donors (Lipinski definition) is 3. The molecule has 0 unspecified atom stereocenters. The number of carbonyl (C=O) groups excluding carboxylic acids is 1. The molecule has 2 aromatic rings. The standard InChI is InChI=1S/C13H13ClN4O3/c14-9-2-1-3-11(4-9)18(7-12(19)20)13(21)16-6-10-5-15-8-17-10/h1-5,8H,6-7H2,(H,15,17)(H,16,21)(H,19,20). The average molecular weight is 309 g/mol. The van der Waals surface area contributed by atoms with Crippen LogP contribution in [0.25, 0.3) is 0 Å². The zero-order chi connectivity index (χ0) is 15.2. The first kappa shape index (κ1) is 14.9. The number of carboxylic acid groups (broad SMARTS) is 1. The van der Waals surface area contributed by atoms with E-state index in [0.29, 0.717) is 16.4 Å². The van der Waals surface area contributed by atoms with E-state index in [4.69, 9.17) is 16.7 Å². The molecular formula is C13H13ClN4O3. The summed E-state index contributed by atoms with van der Waals surface area (Å²) in [6.07, 6.45) is 3.06. The number of anilines is 1. The van der Waals surface area contributed by atoms with Gasteiger partial charge in [0.1, 0.15) is 6.54 Å². The fraction of sp³-hybridized carbons (Fsp3) is 0.154. The van der Waals surface area contributed by atoms with Gasteiger partial charge in [-0.3, -0.25) is 9.69 Å². The lowest BCUT2D eigenvalue weighted by molar-refractivity contribution is -0.135. The second-order valence-corrected chi connectivity index (χ2v) is 4.63. The van der Waals surface area contributed by atoms with Crippen LogP contribution in [0.2, 0.25) is 5.02 Å². The van der Waals surface area contributed by atoms with Gasteiger partial charge in [-0.15, -0.1) is 0 Å². The van der Waals surface area contributed by atoms with Crippen molar-refractivity contribution >= 4 is 29.3 Å². The van der Waals surface area contributed by atoms with Gasteiger partial charge in [-0.2, -0.15) is 0 Å². The van der Waals surface area contributed by atoms with E-state index in [0.717, 1.165) is 4.90 Å². The molecule has 1 heterocycles. The van der Waals surface area contributed by atoms with E-state index in [2.05, 4.69) is 15.3 Å². The van der Waals surface area contributed by atoms with Crippen molar-refractivity contribution in [2.24, 2.45) is 0 Å². The summed E-state index contributed by atoms with van der Waals surface area (Å²) in [5.41, 5.74) is 1.12. The lowest BCUT2D eigenvalue weighted by atomic mass is 10.3. The number of urea groups is 1. The Kier molecular flexibility index (Phi) is 4.78. The van der Waals surface area contributed by atoms with Gasteiger partial charge in [0, 0.05) is 16.9 Å². The molecule has 0 aliphatic carbocycles. The highest BCUT2D eigenvalue weighted by molar-refractivity contribution is 6.30. The maximum atomic E-state index is 12.2. The molecule has 0 fully saturated rings. The molecule has 1 aromatic carbocycles. The van der Waals surface area contributed by atoms with Crippen LogP contribution in [0.4, 0.5) is 10.5 Å². The summed E-state index contributed by atoms with van der Waals surface area (Å²) in [5, 5.41) is 12.0. The summed E-state index contributed by atoms with van der Waals surface area (Å²) in [6.45, 7) is -0.245. The van der Waals surface area contributed by atoms with Gasteiger partial charge in [-0.1, -0.05) is 17.7 Å². The lowest BCUT2D eigenvalue weighted by Gasteiger charge is -2.21. The third-order valence-electron chi connectivity index (χ3n) is 2.64. The molecule has 0 atom stereocenters. The largest absolute Gasteiger partial charge is 0.480 e. The van der Waals surface area contributed by atoms with Crippen LogP contribution in [0.1, 0.15) is 5.69 Å². The van der Waals surface area contributed by atoms with Gasteiger partial charge >= 0.3 is 12.0 Å². The molecule has 0 bridgehead atoms. The first-order chi connectivity index (χ1) is 10.1. The molecule has 8 heteroatoms. The summed E-state index contributed by atoms with van der Waals surface area (Å²) >= 11 is 5.87. The highest BCUT2D eigenvalue weighted by Gasteiger charge is 2.18. The van der Waals surface area contributed by atoms with E-state index >= 15 is 0 Å². The van der Waals surface area contributed by atoms with Crippen molar-refractivity contribution in [3.63, 3.8) is 0 Å². The molecular weight excluding hydrogens is 296 g/mol. The maximum absolute atomic E-state index is 12.2. The first-order valence-corrected chi connectivity index (χ1v) is 6.44. The van der Waals surface area contributed by atoms with Crippen LogP contribution in [0.3, 0.4) is 0 Å². The molecule has 3 N–H and O–H groups in total. The fourth-order valence-electron chi connectivity index (χ4n) is 1.71. The fourth-order valence-corrected chi connectivity index (χ4v) is 1.89. The molecule has 0 aliphatic rings. The number of H-pyrrole nitrogens is 1. The van der Waals surface area contributed by atoms with E-state index in [1.165, 1.54) is 12.4 Å². The van der Waals surface area contributed by atoms with Crippen molar-refractivity contribution in [1.82, 2.24) is 15.3 Å². The zero-order valence-electron chi connectivity index (χ0n) is 10.9. The summed E-state index contributed by atoms with van der Waals surface area (Å²) in [5.74, 6) is -1.12. The molecule has 0 radical (unpaired) electrons. The minimum absolute atomic E-state index is 0.218. The number of aromatic amines is 1. The number of carbonyl (C=O) groups is 2. The number of carboxylic acids is 1. The number of nitrogens with zero attached hydrogens (tertiary/aromatic N) is 2. The summed E-state index contributed by atoms with van der Waals surface area (Å²) in [7, 11) is 0. The van der Waals surface area contributed by atoms with Crippen molar-refractivity contribution in [2.45, 2.75) is 6.54 Å². The molecule has 0 saturated carbocycles. The normalized spacial score (nSPS) is 10.1. The van der Waals surface area contributed by atoms with E-state index < -0.39 is 18.5 Å². The van der Waals surface area contributed by atoms with Crippen molar-refractivity contribution in [1.29, 1.82) is 0 Å². The smallest absolute Gasteiger partial charge is 0.323 e. The molecule has 2 rings (SSSR count). The van der Waals surface area contributed by atoms with Crippen molar-refractivity contribution in [3.05, 3.63) is 47.5 Å². The Bertz CT molecular complexity index is 630. The number of rotatable bonds is 5. The first-order valence-electron chi connectivity index (χ1n) is 6.06. The SMILES string of the molecule is O=C(O)CN(C(=O)NCc1cnc[nH]1)c1cccc(Cl)c1. The molecule has 0 aliphatic heterocycles. The Morgan fingerprint density at radius 1 is 1.43 bits per heavy atom. The molecule has 110 valence electrons. The second-order valence-electron chi connectivity index (χ2n) is 4.20. The van der Waals surface area contributed by atoms with Crippen LogP contribution < -0.4 is 10.2 Å². The minimum atomic E-state index is -1.12. The van der Waals surface area contributed by atoms with Gasteiger partial charge in [0.05, 0.1) is 18.6 Å². The Balaban J connectivity index is 2.11. The van der Waals surface area contributed by atoms with Crippen LogP contribution in [-0.4, -0.2) is 33.6 Å². The van der Waals surface area contributed by atoms with Gasteiger partial charge in [0.15, 0.2) is 0 Å². The number of aliphatic carboxylic acids is 1. The number of amides is 2. The highest BCUT2D eigenvalue weighted by Crippen LogP contribution is 2.19. The Morgan fingerprint density at radius 2 is 2.24 bits per heavy atom. The molecule has 1 aromatic heterocycles. The Morgan fingerprint density at radius 3 is 2.86 bits per heavy atom. The quantitative estimate of drug-likeness (QED) is 0.785.